The Labute approximate surface area is 174 Å². The monoisotopic (exact) mass is 429 g/mol. The van der Waals surface area contributed by atoms with Crippen LogP contribution in [0.4, 0.5) is 8.78 Å². The maximum Gasteiger partial charge on any atom is 0.348 e. The van der Waals surface area contributed by atoms with E-state index >= 15 is 0 Å². The lowest BCUT2D eigenvalue weighted by Gasteiger charge is -2.21. The van der Waals surface area contributed by atoms with Gasteiger partial charge in [0.2, 0.25) is 0 Å². The molecule has 8 heteroatoms. The van der Waals surface area contributed by atoms with Crippen LogP contribution < -0.4 is 0 Å². The molecule has 1 fully saturated rings. The van der Waals surface area contributed by atoms with Gasteiger partial charge in [-0.3, -0.25) is 4.79 Å². The second-order valence-corrected chi connectivity index (χ2v) is 8.45. The van der Waals surface area contributed by atoms with E-state index in [1.165, 1.54) is 35.5 Å². The Balaban J connectivity index is 1.92. The number of amides is 1. The SMILES string of the molecule is CCCCCC(O)/C=C/C1CC(F)(F)C(=O)N1CCCc1ccc(C(=O)OC)s1. The molecule has 0 saturated carbocycles. The summed E-state index contributed by atoms with van der Waals surface area (Å²) in [4.78, 5) is 26.2. The van der Waals surface area contributed by atoms with E-state index in [0.717, 1.165) is 24.1 Å². The van der Waals surface area contributed by atoms with E-state index in [2.05, 4.69) is 11.7 Å². The summed E-state index contributed by atoms with van der Waals surface area (Å²) in [6.45, 7) is 2.26. The number of unbranched alkanes of at least 4 members (excludes halogenated alkanes) is 2. The first-order valence-corrected chi connectivity index (χ1v) is 10.8. The number of aliphatic hydroxyl groups is 1. The summed E-state index contributed by atoms with van der Waals surface area (Å²) in [6.07, 6.45) is 6.42. The van der Waals surface area contributed by atoms with E-state index < -0.39 is 36.4 Å². The molecule has 0 radical (unpaired) electrons. The van der Waals surface area contributed by atoms with Crippen LogP contribution in [0.25, 0.3) is 0 Å². The number of alkyl halides is 2. The molecule has 1 amide bonds. The highest BCUT2D eigenvalue weighted by atomic mass is 32.1. The molecule has 0 aromatic carbocycles. The lowest BCUT2D eigenvalue weighted by molar-refractivity contribution is -0.148. The molecule has 1 aromatic rings. The quantitative estimate of drug-likeness (QED) is 0.325. The van der Waals surface area contributed by atoms with Gasteiger partial charge in [-0.05, 0) is 31.4 Å². The molecule has 2 atom stereocenters. The Bertz CT molecular complexity index is 719. The number of carbonyl (C=O) groups excluding carboxylic acids is 2. The fraction of sp³-hybridized carbons (Fsp3) is 0.619. The molecule has 1 aliphatic heterocycles. The van der Waals surface area contributed by atoms with Gasteiger partial charge in [0.15, 0.2) is 0 Å². The maximum absolute atomic E-state index is 14.0. The first-order valence-electron chi connectivity index (χ1n) is 10.0. The molecule has 1 saturated heterocycles. The van der Waals surface area contributed by atoms with E-state index in [9.17, 15) is 23.5 Å². The third-order valence-electron chi connectivity index (χ3n) is 4.97. The number of esters is 1. The summed E-state index contributed by atoms with van der Waals surface area (Å²) in [5.74, 6) is -4.93. The molecule has 5 nitrogen and oxygen atoms in total. The van der Waals surface area contributed by atoms with Crippen LogP contribution >= 0.6 is 11.3 Å². The van der Waals surface area contributed by atoms with Gasteiger partial charge in [0.25, 0.3) is 5.91 Å². The summed E-state index contributed by atoms with van der Waals surface area (Å²) in [7, 11) is 1.31. The van der Waals surface area contributed by atoms with Gasteiger partial charge in [-0.15, -0.1) is 11.3 Å². The molecule has 0 bridgehead atoms. The van der Waals surface area contributed by atoms with E-state index in [-0.39, 0.29) is 6.54 Å². The first kappa shape index (κ1) is 23.5. The topological polar surface area (TPSA) is 66.8 Å². The fourth-order valence-corrected chi connectivity index (χ4v) is 4.33. The van der Waals surface area contributed by atoms with Crippen LogP contribution in [-0.4, -0.2) is 53.6 Å². The number of nitrogens with zero attached hydrogens (tertiary/aromatic N) is 1. The highest BCUT2D eigenvalue weighted by molar-refractivity contribution is 7.13. The predicted octanol–water partition coefficient (Wildman–Crippen LogP) is 4.20. The van der Waals surface area contributed by atoms with Crippen LogP contribution in [0, 0.1) is 0 Å². The minimum absolute atomic E-state index is 0.195. The molecule has 1 N–H and O–H groups in total. The zero-order valence-corrected chi connectivity index (χ0v) is 17.7. The number of carbonyl (C=O) groups is 2. The molecular weight excluding hydrogens is 400 g/mol. The van der Waals surface area contributed by atoms with E-state index in [1.807, 2.05) is 0 Å². The summed E-state index contributed by atoms with van der Waals surface area (Å²) in [5, 5.41) is 10.00. The van der Waals surface area contributed by atoms with Crippen LogP contribution in [0.5, 0.6) is 0 Å². The Morgan fingerprint density at radius 3 is 2.86 bits per heavy atom. The van der Waals surface area contributed by atoms with Crippen molar-refractivity contribution < 1.29 is 28.2 Å². The minimum Gasteiger partial charge on any atom is -0.465 e. The maximum atomic E-state index is 14.0. The molecule has 1 aromatic heterocycles. The van der Waals surface area contributed by atoms with Crippen molar-refractivity contribution in [3.8, 4) is 0 Å². The predicted molar refractivity (Wildman–Crippen MR) is 108 cm³/mol. The average Bonchev–Trinajstić information content (AvgIpc) is 3.24. The van der Waals surface area contributed by atoms with E-state index in [0.29, 0.717) is 24.1 Å². The lowest BCUT2D eigenvalue weighted by Crippen LogP contribution is -2.36. The number of aliphatic hydroxyl groups excluding tert-OH is 1. The molecule has 2 rings (SSSR count). The molecule has 0 aliphatic carbocycles. The Morgan fingerprint density at radius 2 is 2.17 bits per heavy atom. The number of aryl methyl sites for hydroxylation is 1. The molecule has 1 aliphatic rings. The second-order valence-electron chi connectivity index (χ2n) is 7.28. The van der Waals surface area contributed by atoms with Crippen molar-refractivity contribution >= 4 is 23.2 Å². The zero-order chi connectivity index (χ0) is 21.4. The number of hydrogen-bond acceptors (Lipinski definition) is 5. The van der Waals surface area contributed by atoms with Crippen LogP contribution in [0.2, 0.25) is 0 Å². The highest BCUT2D eigenvalue weighted by Crippen LogP contribution is 2.34. The summed E-state index contributed by atoms with van der Waals surface area (Å²) >= 11 is 1.30. The molecule has 2 unspecified atom stereocenters. The van der Waals surface area contributed by atoms with Gasteiger partial charge >= 0.3 is 11.9 Å². The van der Waals surface area contributed by atoms with Crippen molar-refractivity contribution in [2.45, 2.75) is 69.9 Å². The number of ether oxygens (including phenoxy) is 1. The molecule has 29 heavy (non-hydrogen) atoms. The van der Waals surface area contributed by atoms with Gasteiger partial charge in [-0.1, -0.05) is 38.3 Å². The average molecular weight is 430 g/mol. The van der Waals surface area contributed by atoms with Crippen molar-refractivity contribution in [3.63, 3.8) is 0 Å². The molecule has 0 spiro atoms. The summed E-state index contributed by atoms with van der Waals surface area (Å²) < 4.78 is 32.6. The number of thiophene rings is 1. The third-order valence-corrected chi connectivity index (χ3v) is 6.09. The van der Waals surface area contributed by atoms with Crippen molar-refractivity contribution in [3.05, 3.63) is 34.0 Å². The second kappa shape index (κ2) is 10.8. The number of methoxy groups -OCH3 is 1. The highest BCUT2D eigenvalue weighted by Gasteiger charge is 2.52. The number of halogens is 2. The van der Waals surface area contributed by atoms with E-state index in [1.54, 1.807) is 12.1 Å². The Kier molecular flexibility index (Phi) is 8.77. The van der Waals surface area contributed by atoms with Gasteiger partial charge in [0, 0.05) is 17.8 Å². The fourth-order valence-electron chi connectivity index (χ4n) is 3.36. The van der Waals surface area contributed by atoms with Gasteiger partial charge in [-0.2, -0.15) is 8.78 Å². The standard InChI is InChI=1S/C21H29F2NO4S/c1-3-4-5-7-16(25)10-9-15-14-21(22,23)20(27)24(15)13-6-8-17-11-12-18(29-17)19(26)28-2/h9-12,15-16,25H,3-8,13-14H2,1-2H3/b10-9+. The normalized spacial score (nSPS) is 19.8. The Morgan fingerprint density at radius 1 is 1.41 bits per heavy atom. The van der Waals surface area contributed by atoms with Gasteiger partial charge in [-0.25, -0.2) is 4.79 Å². The molecular formula is C21H29F2NO4S. The number of hydrogen-bond donors (Lipinski definition) is 1. The summed E-state index contributed by atoms with van der Waals surface area (Å²) in [5.41, 5.74) is 0. The smallest absolute Gasteiger partial charge is 0.348 e. The summed E-state index contributed by atoms with van der Waals surface area (Å²) in [6, 6.07) is 2.76. The first-order chi connectivity index (χ1) is 13.8. The van der Waals surface area contributed by atoms with Crippen molar-refractivity contribution in [1.29, 1.82) is 0 Å². The number of likely N-dealkylation sites (tertiary alicyclic amines) is 1. The van der Waals surface area contributed by atoms with Crippen LogP contribution in [0.3, 0.4) is 0 Å². The Hall–Kier alpha value is -1.80. The van der Waals surface area contributed by atoms with Crippen LogP contribution in [-0.2, 0) is 16.0 Å². The zero-order valence-electron chi connectivity index (χ0n) is 16.9. The largest absolute Gasteiger partial charge is 0.465 e. The van der Waals surface area contributed by atoms with Crippen LogP contribution in [0.15, 0.2) is 24.3 Å². The molecule has 2 heterocycles. The van der Waals surface area contributed by atoms with Crippen molar-refractivity contribution in [1.82, 2.24) is 4.90 Å². The minimum atomic E-state index is -3.37. The van der Waals surface area contributed by atoms with Gasteiger partial charge in [0.1, 0.15) is 4.88 Å². The third kappa shape index (κ3) is 6.60. The lowest BCUT2D eigenvalue weighted by atomic mass is 10.1. The van der Waals surface area contributed by atoms with Gasteiger partial charge < -0.3 is 14.7 Å². The van der Waals surface area contributed by atoms with E-state index in [4.69, 9.17) is 0 Å². The van der Waals surface area contributed by atoms with Crippen molar-refractivity contribution in [2.75, 3.05) is 13.7 Å². The molecule has 162 valence electrons. The van der Waals surface area contributed by atoms with Crippen molar-refractivity contribution in [2.24, 2.45) is 0 Å². The van der Waals surface area contributed by atoms with Gasteiger partial charge in [0.05, 0.1) is 19.3 Å². The number of rotatable bonds is 11. The van der Waals surface area contributed by atoms with Crippen LogP contribution in [0.1, 0.15) is 60.0 Å².